The van der Waals surface area contributed by atoms with Gasteiger partial charge in [-0.3, -0.25) is 10.6 Å². The Morgan fingerprint density at radius 1 is 0.482 bits per heavy atom. The molecule has 2 atom stereocenters. The van der Waals surface area contributed by atoms with E-state index in [4.69, 9.17) is 79.1 Å². The SMILES string of the molecule is CC(C)c1cc(C(C)C)c(NC(=O)NC(Oc2ccccc2OC(NC(=O)Nc2c(C(C)C)cc(C(C)C)cc2C(C)C)C(Cl)(Cl)Cl)C(Cl)(Cl)Cl)c(C(C)C)c1. The number of alkyl halides is 6. The van der Waals surface area contributed by atoms with Gasteiger partial charge >= 0.3 is 12.1 Å². The Morgan fingerprint density at radius 3 is 0.964 bits per heavy atom. The lowest BCUT2D eigenvalue weighted by Gasteiger charge is -2.30. The quantitative estimate of drug-likeness (QED) is 0.0956. The molecule has 0 saturated heterocycles. The average Bonchev–Trinajstić information content (AvgIpc) is 3.06. The van der Waals surface area contributed by atoms with Crippen molar-refractivity contribution in [3.8, 4) is 11.5 Å². The van der Waals surface area contributed by atoms with Crippen molar-refractivity contribution < 1.29 is 19.1 Å². The smallest absolute Gasteiger partial charge is 0.322 e. The summed E-state index contributed by atoms with van der Waals surface area (Å²) < 4.78 is 7.89. The molecule has 0 aromatic heterocycles. The molecular formula is C42H56Cl6N4O4. The highest BCUT2D eigenvalue weighted by atomic mass is 35.6. The van der Waals surface area contributed by atoms with Gasteiger partial charge in [0.2, 0.25) is 20.0 Å². The standard InChI is InChI=1S/C42H56Cl6N4O4/c1-21(2)27-17-29(23(5)6)35(30(18-27)24(7)8)49-39(53)51-37(41(43,44)45)55-33-15-13-14-16-34(33)56-38(42(46,47)48)52-40(54)50-36-31(25(9)10)19-28(22(3)4)20-32(36)26(11)12/h13-26,37-38H,1-12H3,(H2,49,51,53)(H2,50,52,54). The third-order valence-electron chi connectivity index (χ3n) is 9.20. The third-order valence-corrected chi connectivity index (χ3v) is 10.4. The molecule has 8 nitrogen and oxygen atoms in total. The van der Waals surface area contributed by atoms with E-state index in [1.165, 1.54) is 23.3 Å². The number of para-hydroxylation sites is 2. The van der Waals surface area contributed by atoms with E-state index in [0.29, 0.717) is 23.2 Å². The van der Waals surface area contributed by atoms with E-state index in [9.17, 15) is 9.59 Å². The predicted molar refractivity (Wildman–Crippen MR) is 238 cm³/mol. The molecule has 0 aliphatic carbocycles. The van der Waals surface area contributed by atoms with Gasteiger partial charge in [-0.05, 0) is 81.0 Å². The summed E-state index contributed by atoms with van der Waals surface area (Å²) in [5.41, 5.74) is 7.59. The second-order valence-corrected chi connectivity index (χ2v) is 20.5. The highest BCUT2D eigenvalue weighted by Gasteiger charge is 2.40. The second-order valence-electron chi connectivity index (χ2n) is 15.8. The van der Waals surface area contributed by atoms with Crippen molar-refractivity contribution in [1.29, 1.82) is 0 Å². The maximum atomic E-state index is 13.7. The van der Waals surface area contributed by atoms with Gasteiger partial charge in [-0.25, -0.2) is 9.59 Å². The van der Waals surface area contributed by atoms with Crippen molar-refractivity contribution in [1.82, 2.24) is 10.6 Å². The molecule has 3 rings (SSSR count). The van der Waals surface area contributed by atoms with Crippen LogP contribution in [0.25, 0.3) is 0 Å². The number of nitrogens with one attached hydrogen (secondary N) is 4. The number of ether oxygens (including phenoxy) is 2. The number of hydrogen-bond acceptors (Lipinski definition) is 4. The van der Waals surface area contributed by atoms with E-state index >= 15 is 0 Å². The lowest BCUT2D eigenvalue weighted by Crippen LogP contribution is -2.50. The Morgan fingerprint density at radius 2 is 0.750 bits per heavy atom. The number of rotatable bonds is 14. The fraction of sp³-hybridized carbons (Fsp3) is 0.524. The molecule has 2 unspecified atom stereocenters. The van der Waals surface area contributed by atoms with Crippen molar-refractivity contribution in [3.05, 3.63) is 81.9 Å². The van der Waals surface area contributed by atoms with Gasteiger partial charge in [-0.2, -0.15) is 0 Å². The maximum Gasteiger partial charge on any atom is 0.322 e. The van der Waals surface area contributed by atoms with Crippen LogP contribution in [0, 0.1) is 0 Å². The maximum absolute atomic E-state index is 13.7. The zero-order valence-electron chi connectivity index (χ0n) is 34.1. The van der Waals surface area contributed by atoms with Gasteiger partial charge in [0.15, 0.2) is 11.5 Å². The number of urea groups is 2. The van der Waals surface area contributed by atoms with Crippen molar-refractivity contribution in [2.24, 2.45) is 0 Å². The molecule has 3 aromatic carbocycles. The summed E-state index contributed by atoms with van der Waals surface area (Å²) in [6.07, 6.45) is -3.06. The summed E-state index contributed by atoms with van der Waals surface area (Å²) in [5, 5.41) is 11.3. The molecule has 3 aromatic rings. The largest absolute Gasteiger partial charge is 0.462 e. The fourth-order valence-electron chi connectivity index (χ4n) is 5.99. The monoisotopic (exact) mass is 890 g/mol. The van der Waals surface area contributed by atoms with Crippen LogP contribution >= 0.6 is 69.6 Å². The van der Waals surface area contributed by atoms with Gasteiger partial charge < -0.3 is 20.1 Å². The molecule has 0 saturated carbocycles. The number of carbonyl (C=O) groups is 2. The van der Waals surface area contributed by atoms with Crippen LogP contribution in [0.15, 0.2) is 48.5 Å². The molecule has 0 fully saturated rings. The highest BCUT2D eigenvalue weighted by Crippen LogP contribution is 2.40. The first kappa shape index (κ1) is 47.9. The lowest BCUT2D eigenvalue weighted by atomic mass is 9.87. The minimum Gasteiger partial charge on any atom is -0.462 e. The van der Waals surface area contributed by atoms with Gasteiger partial charge in [-0.1, -0.05) is 189 Å². The Bertz CT molecular complexity index is 1630. The van der Waals surface area contributed by atoms with Crippen molar-refractivity contribution in [2.45, 2.75) is 139 Å². The van der Waals surface area contributed by atoms with E-state index in [0.717, 1.165) is 22.3 Å². The van der Waals surface area contributed by atoms with Gasteiger partial charge in [0.1, 0.15) is 0 Å². The minimum absolute atomic E-state index is 0.0195. The van der Waals surface area contributed by atoms with E-state index in [1.54, 1.807) is 12.1 Å². The number of benzene rings is 3. The first-order chi connectivity index (χ1) is 25.8. The number of amides is 4. The van der Waals surface area contributed by atoms with Crippen LogP contribution in [0.2, 0.25) is 0 Å². The summed E-state index contributed by atoms with van der Waals surface area (Å²) in [5.74, 6) is 1.04. The number of halogens is 6. The fourth-order valence-corrected chi connectivity index (χ4v) is 6.59. The molecule has 56 heavy (non-hydrogen) atoms. The summed E-state index contributed by atoms with van der Waals surface area (Å²) in [6.45, 7) is 25.0. The van der Waals surface area contributed by atoms with Crippen LogP contribution in [0.4, 0.5) is 21.0 Å². The van der Waals surface area contributed by atoms with Gasteiger partial charge in [-0.15, -0.1) is 0 Å². The summed E-state index contributed by atoms with van der Waals surface area (Å²) in [7, 11) is 0. The first-order valence-corrected chi connectivity index (χ1v) is 21.1. The number of hydrogen-bond donors (Lipinski definition) is 4. The zero-order valence-corrected chi connectivity index (χ0v) is 38.7. The molecule has 4 amide bonds. The van der Waals surface area contributed by atoms with E-state index in [-0.39, 0.29) is 35.2 Å². The van der Waals surface area contributed by atoms with Crippen LogP contribution in [0.1, 0.15) is 152 Å². The van der Waals surface area contributed by atoms with Crippen LogP contribution < -0.4 is 30.7 Å². The predicted octanol–water partition coefficient (Wildman–Crippen LogP) is 14.2. The lowest BCUT2D eigenvalue weighted by molar-refractivity contribution is 0.140. The van der Waals surface area contributed by atoms with Crippen molar-refractivity contribution in [2.75, 3.05) is 10.6 Å². The van der Waals surface area contributed by atoms with Crippen molar-refractivity contribution in [3.63, 3.8) is 0 Å². The topological polar surface area (TPSA) is 101 Å². The molecule has 4 N–H and O–H groups in total. The summed E-state index contributed by atoms with van der Waals surface area (Å²) in [4.78, 5) is 27.3. The van der Waals surface area contributed by atoms with Crippen LogP contribution in [0.5, 0.6) is 11.5 Å². The Kier molecular flexibility index (Phi) is 17.1. The molecule has 0 aliphatic heterocycles. The summed E-state index contributed by atoms with van der Waals surface area (Å²) in [6, 6.07) is 13.4. The molecular weight excluding hydrogens is 837 g/mol. The zero-order chi connectivity index (χ0) is 42.4. The van der Waals surface area contributed by atoms with E-state index in [2.05, 4.69) is 129 Å². The highest BCUT2D eigenvalue weighted by molar-refractivity contribution is 6.68. The Hall–Kier alpha value is -2.46. The molecule has 0 spiro atoms. The van der Waals surface area contributed by atoms with Gasteiger partial charge in [0.25, 0.3) is 0 Å². The van der Waals surface area contributed by atoms with E-state index in [1.807, 2.05) is 0 Å². The van der Waals surface area contributed by atoms with Gasteiger partial charge in [0, 0.05) is 11.4 Å². The Labute approximate surface area is 363 Å². The Balaban J connectivity index is 1.92. The molecule has 310 valence electrons. The minimum atomic E-state index is -2.16. The molecule has 0 aliphatic rings. The van der Waals surface area contributed by atoms with Crippen LogP contribution in [-0.4, -0.2) is 32.1 Å². The van der Waals surface area contributed by atoms with Crippen LogP contribution in [0.3, 0.4) is 0 Å². The molecule has 0 radical (unpaired) electrons. The average molecular weight is 894 g/mol. The first-order valence-electron chi connectivity index (χ1n) is 18.9. The summed E-state index contributed by atoms with van der Waals surface area (Å²) >= 11 is 38.3. The van der Waals surface area contributed by atoms with Gasteiger partial charge in [0.05, 0.1) is 0 Å². The normalized spacial score (nSPS) is 13.4. The molecule has 14 heteroatoms. The molecule has 0 heterocycles. The third kappa shape index (κ3) is 13.0. The van der Waals surface area contributed by atoms with Crippen LogP contribution in [-0.2, 0) is 0 Å². The number of carbonyl (C=O) groups excluding carboxylic acids is 2. The van der Waals surface area contributed by atoms with E-state index < -0.39 is 32.1 Å². The molecule has 0 bridgehead atoms. The second kappa shape index (κ2) is 20.0. The number of anilines is 2. The van der Waals surface area contributed by atoms with Crippen molar-refractivity contribution >= 4 is 93.0 Å².